The molecule has 106 valence electrons. The molecule has 0 aliphatic carbocycles. The van der Waals surface area contributed by atoms with E-state index in [0.29, 0.717) is 15.5 Å². The number of hydrogen-bond acceptors (Lipinski definition) is 6. The van der Waals surface area contributed by atoms with E-state index in [-0.39, 0.29) is 22.3 Å². The maximum atomic E-state index is 12.0. The molecular weight excluding hydrogens is 314 g/mol. The van der Waals surface area contributed by atoms with Crippen molar-refractivity contribution in [3.05, 3.63) is 50.9 Å². The smallest absolute Gasteiger partial charge is 0.296 e. The minimum Gasteiger partial charge on any atom is -0.296 e. The van der Waals surface area contributed by atoms with Gasteiger partial charge < -0.3 is 0 Å². The minimum absolute atomic E-state index is 0.244. The van der Waals surface area contributed by atoms with E-state index >= 15 is 0 Å². The van der Waals surface area contributed by atoms with Crippen LogP contribution in [0.15, 0.2) is 29.1 Å². The molecule has 0 spiro atoms. The average Bonchev–Trinajstić information content (AvgIpc) is 2.87. The van der Waals surface area contributed by atoms with Gasteiger partial charge in [-0.2, -0.15) is 4.52 Å². The van der Waals surface area contributed by atoms with Crippen molar-refractivity contribution < 1.29 is 4.79 Å². The lowest BCUT2D eigenvalue weighted by Crippen LogP contribution is -2.19. The molecule has 3 rings (SSSR count). The number of hydrogen-bond donors (Lipinski definition) is 1. The molecule has 1 aromatic carbocycles. The molecule has 3 aromatic rings. The van der Waals surface area contributed by atoms with Crippen LogP contribution in [0, 0.1) is 6.92 Å². The van der Waals surface area contributed by atoms with Crippen LogP contribution in [0.5, 0.6) is 0 Å². The number of nitrogens with one attached hydrogen (secondary N) is 1. The van der Waals surface area contributed by atoms with Gasteiger partial charge in [0.05, 0.1) is 0 Å². The summed E-state index contributed by atoms with van der Waals surface area (Å²) in [6, 6.07) is 6.44. The van der Waals surface area contributed by atoms with Gasteiger partial charge in [0.15, 0.2) is 0 Å². The number of nitrogens with zero attached hydrogens (tertiary/aromatic N) is 4. The van der Waals surface area contributed by atoms with Crippen LogP contribution in [0.1, 0.15) is 16.1 Å². The maximum absolute atomic E-state index is 12.0. The van der Waals surface area contributed by atoms with E-state index in [9.17, 15) is 9.59 Å². The third-order valence-corrected chi connectivity index (χ3v) is 3.74. The zero-order chi connectivity index (χ0) is 15.0. The van der Waals surface area contributed by atoms with Crippen LogP contribution < -0.4 is 10.9 Å². The SMILES string of the molecule is Cc1nnc2sc(NC(=O)c3ccc(Cl)cc3)nn2c1=O. The summed E-state index contributed by atoms with van der Waals surface area (Å²) in [5.41, 5.74) is 0.324. The van der Waals surface area contributed by atoms with Gasteiger partial charge in [0, 0.05) is 10.6 Å². The fourth-order valence-corrected chi connectivity index (χ4v) is 2.47. The Hall–Kier alpha value is -2.32. The highest BCUT2D eigenvalue weighted by Crippen LogP contribution is 2.17. The van der Waals surface area contributed by atoms with Crippen LogP contribution in [0.3, 0.4) is 0 Å². The summed E-state index contributed by atoms with van der Waals surface area (Å²) in [7, 11) is 0. The average molecular weight is 322 g/mol. The second-order valence-corrected chi connectivity index (χ2v) is 5.55. The van der Waals surface area contributed by atoms with Crippen LogP contribution >= 0.6 is 22.9 Å². The number of aryl methyl sites for hydroxylation is 1. The summed E-state index contributed by atoms with van der Waals surface area (Å²) in [6.07, 6.45) is 0. The summed E-state index contributed by atoms with van der Waals surface area (Å²) >= 11 is 6.83. The number of benzene rings is 1. The maximum Gasteiger partial charge on any atom is 0.296 e. The molecule has 1 N–H and O–H groups in total. The van der Waals surface area contributed by atoms with Gasteiger partial charge in [-0.1, -0.05) is 22.9 Å². The fourth-order valence-electron chi connectivity index (χ4n) is 1.61. The predicted octanol–water partition coefficient (Wildman–Crippen LogP) is 1.76. The first-order valence-electron chi connectivity index (χ1n) is 5.84. The Balaban J connectivity index is 1.91. The molecule has 0 aliphatic heterocycles. The normalized spacial score (nSPS) is 10.8. The molecule has 0 saturated heterocycles. The summed E-state index contributed by atoms with van der Waals surface area (Å²) in [4.78, 5) is 24.2. The second kappa shape index (κ2) is 5.23. The van der Waals surface area contributed by atoms with Crippen LogP contribution in [0.25, 0.3) is 4.96 Å². The number of aromatic nitrogens is 4. The highest BCUT2D eigenvalue weighted by molar-refractivity contribution is 7.20. The first-order chi connectivity index (χ1) is 10.0. The van der Waals surface area contributed by atoms with Crippen LogP contribution in [0.4, 0.5) is 5.13 Å². The number of carbonyl (C=O) groups excluding carboxylic acids is 1. The molecule has 0 atom stereocenters. The molecule has 0 fully saturated rings. The molecular formula is C12H8ClN5O2S. The second-order valence-electron chi connectivity index (χ2n) is 4.15. The Labute approximate surface area is 127 Å². The minimum atomic E-state index is -0.358. The lowest BCUT2D eigenvalue weighted by Gasteiger charge is -2.00. The lowest BCUT2D eigenvalue weighted by molar-refractivity contribution is 0.102. The van der Waals surface area contributed by atoms with Gasteiger partial charge in [-0.15, -0.1) is 15.3 Å². The topological polar surface area (TPSA) is 89.2 Å². The number of halogens is 1. The van der Waals surface area contributed by atoms with Crippen molar-refractivity contribution >= 4 is 38.9 Å². The van der Waals surface area contributed by atoms with Crippen molar-refractivity contribution in [2.75, 3.05) is 5.32 Å². The van der Waals surface area contributed by atoms with Crippen LogP contribution in [-0.4, -0.2) is 25.7 Å². The standard InChI is InChI=1S/C12H8ClN5O2S/c1-6-10(20)18-12(16-15-6)21-11(17-18)14-9(19)7-2-4-8(13)5-3-7/h2-5H,1H3,(H,14,17,19). The van der Waals surface area contributed by atoms with E-state index < -0.39 is 0 Å². The van der Waals surface area contributed by atoms with Gasteiger partial charge in [-0.25, -0.2) is 0 Å². The van der Waals surface area contributed by atoms with Gasteiger partial charge in [-0.05, 0) is 31.2 Å². The molecule has 0 saturated carbocycles. The Morgan fingerprint density at radius 2 is 2.00 bits per heavy atom. The lowest BCUT2D eigenvalue weighted by atomic mass is 10.2. The molecule has 9 heteroatoms. The molecule has 0 radical (unpaired) electrons. The van der Waals surface area contributed by atoms with Gasteiger partial charge in [0.1, 0.15) is 5.69 Å². The Kier molecular flexibility index (Phi) is 3.40. The third-order valence-electron chi connectivity index (χ3n) is 2.67. The van der Waals surface area contributed by atoms with Crippen LogP contribution in [0.2, 0.25) is 5.02 Å². The number of rotatable bonds is 2. The van der Waals surface area contributed by atoms with E-state index in [4.69, 9.17) is 11.6 Å². The molecule has 2 heterocycles. The van der Waals surface area contributed by atoms with Gasteiger partial charge in [0.2, 0.25) is 10.1 Å². The third kappa shape index (κ3) is 2.63. The summed E-state index contributed by atoms with van der Waals surface area (Å²) in [5, 5.41) is 15.0. The van der Waals surface area contributed by atoms with Crippen molar-refractivity contribution in [2.45, 2.75) is 6.92 Å². The van der Waals surface area contributed by atoms with Crippen molar-refractivity contribution in [3.8, 4) is 0 Å². The van der Waals surface area contributed by atoms with E-state index in [0.717, 1.165) is 15.9 Å². The number of amides is 1. The zero-order valence-corrected chi connectivity index (χ0v) is 12.3. The molecule has 1 amide bonds. The number of anilines is 1. The summed E-state index contributed by atoms with van der Waals surface area (Å²) in [5.74, 6) is -0.344. The zero-order valence-electron chi connectivity index (χ0n) is 10.7. The van der Waals surface area contributed by atoms with Gasteiger partial charge in [0.25, 0.3) is 11.5 Å². The first kappa shape index (κ1) is 13.7. The monoisotopic (exact) mass is 321 g/mol. The Morgan fingerprint density at radius 1 is 1.29 bits per heavy atom. The molecule has 0 bridgehead atoms. The van der Waals surface area contributed by atoms with Crippen molar-refractivity contribution in [3.63, 3.8) is 0 Å². The van der Waals surface area contributed by atoms with Crippen LogP contribution in [-0.2, 0) is 0 Å². The van der Waals surface area contributed by atoms with Crippen molar-refractivity contribution in [1.82, 2.24) is 19.8 Å². The molecule has 7 nitrogen and oxygen atoms in total. The molecule has 21 heavy (non-hydrogen) atoms. The van der Waals surface area contributed by atoms with E-state index in [1.54, 1.807) is 31.2 Å². The fraction of sp³-hybridized carbons (Fsp3) is 0.0833. The highest BCUT2D eigenvalue weighted by Gasteiger charge is 2.12. The van der Waals surface area contributed by atoms with E-state index in [1.165, 1.54) is 0 Å². The number of fused-ring (bicyclic) bond motifs is 1. The van der Waals surface area contributed by atoms with Crippen molar-refractivity contribution in [2.24, 2.45) is 0 Å². The quantitative estimate of drug-likeness (QED) is 0.777. The molecule has 0 unspecified atom stereocenters. The molecule has 2 aromatic heterocycles. The summed E-state index contributed by atoms with van der Waals surface area (Å²) < 4.78 is 1.12. The predicted molar refractivity (Wildman–Crippen MR) is 79.1 cm³/mol. The van der Waals surface area contributed by atoms with Gasteiger partial charge >= 0.3 is 0 Å². The van der Waals surface area contributed by atoms with Crippen molar-refractivity contribution in [1.29, 1.82) is 0 Å². The molecule has 0 aliphatic rings. The summed E-state index contributed by atoms with van der Waals surface area (Å²) in [6.45, 7) is 1.55. The van der Waals surface area contributed by atoms with E-state index in [1.807, 2.05) is 0 Å². The highest BCUT2D eigenvalue weighted by atomic mass is 35.5. The van der Waals surface area contributed by atoms with Gasteiger partial charge in [-0.3, -0.25) is 14.9 Å². The van der Waals surface area contributed by atoms with E-state index in [2.05, 4.69) is 20.6 Å². The number of carbonyl (C=O) groups is 1. The Bertz CT molecular complexity index is 887. The first-order valence-corrected chi connectivity index (χ1v) is 7.04. The Morgan fingerprint density at radius 3 is 2.71 bits per heavy atom. The largest absolute Gasteiger partial charge is 0.296 e.